The maximum atomic E-state index is 5.48. The molecule has 2 heterocycles. The van der Waals surface area contributed by atoms with Crippen LogP contribution in [0, 0.1) is 6.92 Å². The number of anilines is 8. The van der Waals surface area contributed by atoms with Gasteiger partial charge in [-0.05, 0) is 164 Å². The lowest BCUT2D eigenvalue weighted by Crippen LogP contribution is -2.18. The average Bonchev–Trinajstić information content (AvgIpc) is 3.90. The standard InChI is InChI=1S/C71H56N6.C3H6/c1-4-19-53-22-15-17-28-68(53)74(48-5-2)58-39-41-64(42-40-58)76(59-24-11-7-12-25-59)62-37-32-55(33-38-62)71-70(72-66-47-34-56(50-67(66)73-71)52-20-9-6-10-21-52)54-30-35-63(36-31-54)77(60-26-13-8-14-27-60)65-45-43-61(44-46-65)75-51(3)49-57-23-16-18-29-69(57)75;1-3-2/h4-18,20-47,49-50H,1-2,19,48H2,3H3;3H,1H2,2H3. The lowest BCUT2D eigenvalue weighted by Gasteiger charge is -2.28. The summed E-state index contributed by atoms with van der Waals surface area (Å²) in [6.07, 6.45) is 6.44. The monoisotopic (exact) mass is 1030 g/mol. The Hall–Kier alpha value is -10.3. The van der Waals surface area contributed by atoms with E-state index < -0.39 is 0 Å². The Kier molecular flexibility index (Phi) is 15.5. The van der Waals surface area contributed by atoms with E-state index >= 15 is 0 Å². The maximum absolute atomic E-state index is 5.48. The fourth-order valence-electron chi connectivity index (χ4n) is 10.6. The molecule has 0 fully saturated rings. The lowest BCUT2D eigenvalue weighted by atomic mass is 10.0. The number of aromatic nitrogens is 3. The van der Waals surface area contributed by atoms with Crippen LogP contribution in [0.4, 0.5) is 45.5 Å². The molecule has 0 bridgehead atoms. The number of para-hydroxylation sites is 4. The molecule has 80 heavy (non-hydrogen) atoms. The van der Waals surface area contributed by atoms with Gasteiger partial charge in [0.25, 0.3) is 0 Å². The summed E-state index contributed by atoms with van der Waals surface area (Å²) >= 11 is 0. The van der Waals surface area contributed by atoms with Gasteiger partial charge in [-0.25, -0.2) is 9.97 Å². The number of rotatable bonds is 16. The first-order chi connectivity index (χ1) is 39.4. The number of nitrogens with zero attached hydrogens (tertiary/aromatic N) is 6. The second-order valence-corrected chi connectivity index (χ2v) is 19.6. The quantitative estimate of drug-likeness (QED) is 0.0902. The van der Waals surface area contributed by atoms with Crippen molar-refractivity contribution in [2.75, 3.05) is 21.2 Å². The van der Waals surface area contributed by atoms with Crippen LogP contribution in [-0.2, 0) is 6.42 Å². The van der Waals surface area contributed by atoms with Crippen LogP contribution in [0.15, 0.2) is 299 Å². The molecule has 0 spiro atoms. The van der Waals surface area contributed by atoms with Crippen molar-refractivity contribution in [1.82, 2.24) is 14.5 Å². The molecule has 0 radical (unpaired) electrons. The molecular formula is C74H62N6. The summed E-state index contributed by atoms with van der Waals surface area (Å²) in [4.78, 5) is 17.8. The van der Waals surface area contributed by atoms with Gasteiger partial charge < -0.3 is 19.3 Å². The van der Waals surface area contributed by atoms with Crippen molar-refractivity contribution in [3.63, 3.8) is 0 Å². The fourth-order valence-corrected chi connectivity index (χ4v) is 10.6. The van der Waals surface area contributed by atoms with Crippen LogP contribution in [0.1, 0.15) is 18.2 Å². The Morgan fingerprint density at radius 2 is 0.863 bits per heavy atom. The third-order valence-corrected chi connectivity index (χ3v) is 14.2. The Morgan fingerprint density at radius 1 is 0.412 bits per heavy atom. The fraction of sp³-hybridized carbons (Fsp3) is 0.0541. The van der Waals surface area contributed by atoms with Crippen LogP contribution in [0.3, 0.4) is 0 Å². The minimum atomic E-state index is 0.669. The van der Waals surface area contributed by atoms with Crippen molar-refractivity contribution in [2.45, 2.75) is 20.3 Å². The molecule has 0 saturated heterocycles. The van der Waals surface area contributed by atoms with Crippen molar-refractivity contribution in [3.05, 3.63) is 310 Å². The van der Waals surface area contributed by atoms with Crippen LogP contribution in [-0.4, -0.2) is 21.1 Å². The summed E-state index contributed by atoms with van der Waals surface area (Å²) in [5.74, 6) is 0. The smallest absolute Gasteiger partial charge is 0.0973 e. The van der Waals surface area contributed by atoms with Crippen LogP contribution in [0.25, 0.3) is 61.3 Å². The van der Waals surface area contributed by atoms with Crippen LogP contribution in [0.5, 0.6) is 0 Å². The molecule has 0 aliphatic rings. The molecule has 12 aromatic rings. The number of allylic oxidation sites excluding steroid dienone is 2. The minimum Gasteiger partial charge on any atom is -0.337 e. The summed E-state index contributed by atoms with van der Waals surface area (Å²) in [5.41, 5.74) is 20.7. The van der Waals surface area contributed by atoms with E-state index in [-0.39, 0.29) is 0 Å². The van der Waals surface area contributed by atoms with Gasteiger partial charge in [-0.2, -0.15) is 0 Å². The van der Waals surface area contributed by atoms with E-state index in [1.165, 1.54) is 22.2 Å². The first kappa shape index (κ1) is 51.8. The number of aryl methyl sites for hydroxylation is 1. The van der Waals surface area contributed by atoms with E-state index in [1.54, 1.807) is 6.08 Å². The normalized spacial score (nSPS) is 10.9. The van der Waals surface area contributed by atoms with E-state index in [0.717, 1.165) is 102 Å². The Balaban J connectivity index is 0.00000220. The predicted molar refractivity (Wildman–Crippen MR) is 340 cm³/mol. The molecular weight excluding hydrogens is 973 g/mol. The first-order valence-corrected chi connectivity index (χ1v) is 27.1. The number of hydrogen-bond donors (Lipinski definition) is 0. The van der Waals surface area contributed by atoms with Gasteiger partial charge in [-0.3, -0.25) is 0 Å². The average molecular weight is 1040 g/mol. The molecule has 12 rings (SSSR count). The predicted octanol–water partition coefficient (Wildman–Crippen LogP) is 20.1. The van der Waals surface area contributed by atoms with E-state index in [1.807, 2.05) is 25.1 Å². The van der Waals surface area contributed by atoms with Gasteiger partial charge in [-0.1, -0.05) is 152 Å². The Labute approximate surface area is 470 Å². The van der Waals surface area contributed by atoms with Crippen LogP contribution < -0.4 is 14.7 Å². The third kappa shape index (κ3) is 10.8. The number of benzene rings is 10. The molecule has 388 valence electrons. The number of fused-ring (bicyclic) bond motifs is 2. The molecule has 0 atom stereocenters. The Bertz CT molecular complexity index is 4060. The van der Waals surface area contributed by atoms with E-state index in [4.69, 9.17) is 9.97 Å². The highest BCUT2D eigenvalue weighted by Gasteiger charge is 2.20. The van der Waals surface area contributed by atoms with Crippen molar-refractivity contribution in [3.8, 4) is 39.3 Å². The van der Waals surface area contributed by atoms with Crippen LogP contribution >= 0.6 is 0 Å². The van der Waals surface area contributed by atoms with E-state index in [2.05, 4.69) is 301 Å². The minimum absolute atomic E-state index is 0.669. The molecule has 6 nitrogen and oxygen atoms in total. The highest BCUT2D eigenvalue weighted by atomic mass is 15.2. The summed E-state index contributed by atoms with van der Waals surface area (Å²) in [7, 11) is 0. The molecule has 0 unspecified atom stereocenters. The SMILES string of the molecule is C=CC.C=CCc1ccccc1N(CC=C)c1ccc(N(c2ccccc2)c2ccc(-c3nc4cc(-c5ccccc5)ccc4nc3-c3ccc(N(c4ccccc4)c4ccc(-n5c(C)cc6ccccc65)cc4)cc3)cc2)cc1. The second-order valence-electron chi connectivity index (χ2n) is 19.6. The topological polar surface area (TPSA) is 40.4 Å². The van der Waals surface area contributed by atoms with Gasteiger partial charge in [-0.15, -0.1) is 19.7 Å². The lowest BCUT2D eigenvalue weighted by molar-refractivity contribution is 1.05. The summed E-state index contributed by atoms with van der Waals surface area (Å²) in [6.45, 7) is 16.2. The van der Waals surface area contributed by atoms with Gasteiger partial charge in [0, 0.05) is 79.9 Å². The zero-order valence-corrected chi connectivity index (χ0v) is 45.3. The van der Waals surface area contributed by atoms with Gasteiger partial charge >= 0.3 is 0 Å². The number of hydrogen-bond acceptors (Lipinski definition) is 5. The molecule has 10 aromatic carbocycles. The zero-order valence-electron chi connectivity index (χ0n) is 45.3. The highest BCUT2D eigenvalue weighted by molar-refractivity contribution is 5.91. The van der Waals surface area contributed by atoms with Gasteiger partial charge in [0.05, 0.1) is 27.9 Å². The maximum Gasteiger partial charge on any atom is 0.0973 e. The van der Waals surface area contributed by atoms with E-state index in [0.29, 0.717) is 6.54 Å². The summed E-state index contributed by atoms with van der Waals surface area (Å²) in [5, 5.41) is 1.23. The molecule has 0 aliphatic carbocycles. The van der Waals surface area contributed by atoms with Crippen molar-refractivity contribution >= 4 is 67.4 Å². The van der Waals surface area contributed by atoms with Crippen molar-refractivity contribution in [2.24, 2.45) is 0 Å². The third-order valence-electron chi connectivity index (χ3n) is 14.2. The zero-order chi connectivity index (χ0) is 54.8. The van der Waals surface area contributed by atoms with Crippen LogP contribution in [0.2, 0.25) is 0 Å². The largest absolute Gasteiger partial charge is 0.337 e. The molecule has 6 heteroatoms. The van der Waals surface area contributed by atoms with Gasteiger partial charge in [0.2, 0.25) is 0 Å². The van der Waals surface area contributed by atoms with Gasteiger partial charge in [0.1, 0.15) is 0 Å². The molecule has 0 saturated carbocycles. The molecule has 0 N–H and O–H groups in total. The van der Waals surface area contributed by atoms with E-state index in [9.17, 15) is 0 Å². The highest BCUT2D eigenvalue weighted by Crippen LogP contribution is 2.41. The van der Waals surface area contributed by atoms with Gasteiger partial charge in [0.15, 0.2) is 0 Å². The van der Waals surface area contributed by atoms with Crippen molar-refractivity contribution < 1.29 is 0 Å². The van der Waals surface area contributed by atoms with Crippen molar-refractivity contribution in [1.29, 1.82) is 0 Å². The Morgan fingerprint density at radius 3 is 1.43 bits per heavy atom. The first-order valence-electron chi connectivity index (χ1n) is 27.1. The molecule has 2 aromatic heterocycles. The molecule has 0 amide bonds. The second kappa shape index (κ2) is 23.9. The molecule has 0 aliphatic heterocycles. The summed E-state index contributed by atoms with van der Waals surface area (Å²) in [6, 6.07) is 92.3. The summed E-state index contributed by atoms with van der Waals surface area (Å²) < 4.78 is 2.32.